The minimum Gasteiger partial charge on any atom is -0.444 e. The maximum absolute atomic E-state index is 12.7. The molecule has 1 aromatic carbocycles. The summed E-state index contributed by atoms with van der Waals surface area (Å²) >= 11 is 0. The van der Waals surface area contributed by atoms with Gasteiger partial charge in [0.1, 0.15) is 5.60 Å². The van der Waals surface area contributed by atoms with Crippen LogP contribution in [0.1, 0.15) is 44.2 Å². The van der Waals surface area contributed by atoms with Gasteiger partial charge in [-0.05, 0) is 50.8 Å². The molecule has 8 heteroatoms. The molecule has 1 aliphatic carbocycles. The Kier molecular flexibility index (Phi) is 5.34. The van der Waals surface area contributed by atoms with E-state index in [9.17, 15) is 22.8 Å². The molecule has 1 unspecified atom stereocenters. The van der Waals surface area contributed by atoms with Crippen LogP contribution in [-0.2, 0) is 15.7 Å². The topological polar surface area (TPSA) is 49.9 Å². The van der Waals surface area contributed by atoms with Crippen LogP contribution in [0, 0.1) is 5.92 Å². The number of piperazine rings is 1. The van der Waals surface area contributed by atoms with Crippen LogP contribution in [0.25, 0.3) is 0 Å². The molecule has 1 aliphatic heterocycles. The Morgan fingerprint density at radius 1 is 0.964 bits per heavy atom. The second kappa shape index (κ2) is 7.29. The fourth-order valence-corrected chi connectivity index (χ4v) is 3.43. The van der Waals surface area contributed by atoms with Gasteiger partial charge in [0.05, 0.1) is 5.56 Å². The standard InChI is InChI=1S/C20H25F3N2O3/c1-19(2,3)28-18(27)25-10-8-24(9-11-25)17(26)16-12-15(16)13-4-6-14(7-5-13)20(21,22)23/h4-7,15-16H,8-12H2,1-3H3/t15?,16-/m1/s1. The van der Waals surface area contributed by atoms with Crippen LogP contribution >= 0.6 is 0 Å². The van der Waals surface area contributed by atoms with Crippen molar-refractivity contribution >= 4 is 12.0 Å². The fraction of sp³-hybridized carbons (Fsp3) is 0.600. The smallest absolute Gasteiger partial charge is 0.416 e. The molecule has 0 radical (unpaired) electrons. The first-order valence-electron chi connectivity index (χ1n) is 9.39. The van der Waals surface area contributed by atoms with Crippen molar-refractivity contribution in [3.63, 3.8) is 0 Å². The van der Waals surface area contributed by atoms with Gasteiger partial charge in [0.2, 0.25) is 5.91 Å². The van der Waals surface area contributed by atoms with Crippen molar-refractivity contribution in [3.05, 3.63) is 35.4 Å². The van der Waals surface area contributed by atoms with Crippen molar-refractivity contribution in [1.82, 2.24) is 9.80 Å². The predicted octanol–water partition coefficient (Wildman–Crippen LogP) is 3.89. The van der Waals surface area contributed by atoms with Gasteiger partial charge in [-0.1, -0.05) is 12.1 Å². The lowest BCUT2D eigenvalue weighted by molar-refractivity contribution is -0.137. The number of benzene rings is 1. The number of nitrogens with zero attached hydrogens (tertiary/aromatic N) is 2. The number of amides is 2. The first-order chi connectivity index (χ1) is 13.0. The summed E-state index contributed by atoms with van der Waals surface area (Å²) in [5.74, 6) is -0.211. The zero-order chi connectivity index (χ0) is 20.7. The quantitative estimate of drug-likeness (QED) is 0.760. The number of alkyl halides is 3. The number of carbonyl (C=O) groups is 2. The largest absolute Gasteiger partial charge is 0.444 e. The van der Waals surface area contributed by atoms with E-state index in [4.69, 9.17) is 4.74 Å². The van der Waals surface area contributed by atoms with Crippen LogP contribution in [0.4, 0.5) is 18.0 Å². The summed E-state index contributed by atoms with van der Waals surface area (Å²) in [6.45, 7) is 7.12. The van der Waals surface area contributed by atoms with Gasteiger partial charge in [-0.3, -0.25) is 4.79 Å². The normalized spacial score (nSPS) is 22.8. The van der Waals surface area contributed by atoms with Gasteiger partial charge in [-0.25, -0.2) is 4.79 Å². The molecule has 3 rings (SSSR count). The number of rotatable bonds is 2. The van der Waals surface area contributed by atoms with E-state index in [1.165, 1.54) is 12.1 Å². The highest BCUT2D eigenvalue weighted by Crippen LogP contribution is 2.49. The SMILES string of the molecule is CC(C)(C)OC(=O)N1CCN(C(=O)[C@@H]2CC2c2ccc(C(F)(F)F)cc2)CC1. The summed E-state index contributed by atoms with van der Waals surface area (Å²) in [4.78, 5) is 28.1. The minimum atomic E-state index is -4.36. The van der Waals surface area contributed by atoms with Crippen LogP contribution in [0.15, 0.2) is 24.3 Å². The van der Waals surface area contributed by atoms with E-state index in [-0.39, 0.29) is 23.8 Å². The van der Waals surface area contributed by atoms with E-state index in [2.05, 4.69) is 0 Å². The van der Waals surface area contributed by atoms with E-state index in [0.717, 1.165) is 17.7 Å². The second-order valence-corrected chi connectivity index (χ2v) is 8.36. The van der Waals surface area contributed by atoms with Gasteiger partial charge >= 0.3 is 12.3 Å². The van der Waals surface area contributed by atoms with Gasteiger partial charge in [0.15, 0.2) is 0 Å². The van der Waals surface area contributed by atoms with E-state index in [0.29, 0.717) is 32.6 Å². The Labute approximate surface area is 162 Å². The van der Waals surface area contributed by atoms with Gasteiger partial charge < -0.3 is 14.5 Å². The van der Waals surface area contributed by atoms with Crippen molar-refractivity contribution in [3.8, 4) is 0 Å². The molecule has 2 aliphatic rings. The molecule has 1 saturated carbocycles. The lowest BCUT2D eigenvalue weighted by Gasteiger charge is -2.35. The zero-order valence-corrected chi connectivity index (χ0v) is 16.3. The Bertz CT molecular complexity index is 733. The number of halogens is 3. The Morgan fingerprint density at radius 3 is 2.00 bits per heavy atom. The highest BCUT2D eigenvalue weighted by molar-refractivity contribution is 5.83. The molecule has 0 N–H and O–H groups in total. The van der Waals surface area contributed by atoms with E-state index < -0.39 is 17.3 Å². The molecule has 1 saturated heterocycles. The molecule has 0 spiro atoms. The third-order valence-electron chi connectivity index (χ3n) is 5.02. The molecular formula is C20H25F3N2O3. The number of carbonyl (C=O) groups excluding carboxylic acids is 2. The second-order valence-electron chi connectivity index (χ2n) is 8.36. The lowest BCUT2D eigenvalue weighted by atomic mass is 10.1. The monoisotopic (exact) mass is 398 g/mol. The molecule has 2 atom stereocenters. The highest BCUT2D eigenvalue weighted by Gasteiger charge is 2.46. The van der Waals surface area contributed by atoms with E-state index in [1.807, 2.05) is 0 Å². The summed E-state index contributed by atoms with van der Waals surface area (Å²) in [5, 5.41) is 0. The average Bonchev–Trinajstić information content (AvgIpc) is 3.40. The van der Waals surface area contributed by atoms with Crippen molar-refractivity contribution in [2.45, 2.75) is 44.9 Å². The van der Waals surface area contributed by atoms with Gasteiger partial charge in [0.25, 0.3) is 0 Å². The molecule has 2 amide bonds. The molecule has 0 bridgehead atoms. The summed E-state index contributed by atoms with van der Waals surface area (Å²) in [5.41, 5.74) is -0.482. The lowest BCUT2D eigenvalue weighted by Crippen LogP contribution is -2.52. The van der Waals surface area contributed by atoms with Gasteiger partial charge in [0, 0.05) is 32.1 Å². The molecule has 154 valence electrons. The van der Waals surface area contributed by atoms with Crippen LogP contribution in [0.5, 0.6) is 0 Å². The van der Waals surface area contributed by atoms with Crippen LogP contribution in [0.2, 0.25) is 0 Å². The van der Waals surface area contributed by atoms with Crippen LogP contribution in [0.3, 0.4) is 0 Å². The maximum atomic E-state index is 12.7. The average molecular weight is 398 g/mol. The Hall–Kier alpha value is -2.25. The molecule has 0 aromatic heterocycles. The molecular weight excluding hydrogens is 373 g/mol. The molecule has 5 nitrogen and oxygen atoms in total. The third-order valence-corrected chi connectivity index (χ3v) is 5.02. The summed E-state index contributed by atoms with van der Waals surface area (Å²) in [6, 6.07) is 5.05. The molecule has 1 heterocycles. The number of ether oxygens (including phenoxy) is 1. The molecule has 28 heavy (non-hydrogen) atoms. The first kappa shape index (κ1) is 20.5. The van der Waals surface area contributed by atoms with Gasteiger partial charge in [-0.2, -0.15) is 13.2 Å². The molecule has 2 fully saturated rings. The Balaban J connectivity index is 1.51. The maximum Gasteiger partial charge on any atom is 0.416 e. The molecule has 1 aromatic rings. The number of hydrogen-bond donors (Lipinski definition) is 0. The summed E-state index contributed by atoms with van der Waals surface area (Å²) in [7, 11) is 0. The van der Waals surface area contributed by atoms with Crippen molar-refractivity contribution in [2.24, 2.45) is 5.92 Å². The van der Waals surface area contributed by atoms with Gasteiger partial charge in [-0.15, -0.1) is 0 Å². The number of hydrogen-bond acceptors (Lipinski definition) is 3. The highest BCUT2D eigenvalue weighted by atomic mass is 19.4. The third kappa shape index (κ3) is 4.77. The van der Waals surface area contributed by atoms with E-state index >= 15 is 0 Å². The van der Waals surface area contributed by atoms with Crippen molar-refractivity contribution in [1.29, 1.82) is 0 Å². The predicted molar refractivity (Wildman–Crippen MR) is 96.7 cm³/mol. The van der Waals surface area contributed by atoms with Crippen molar-refractivity contribution < 1.29 is 27.5 Å². The minimum absolute atomic E-state index is 0.00809. The fourth-order valence-electron chi connectivity index (χ4n) is 3.43. The Morgan fingerprint density at radius 2 is 1.50 bits per heavy atom. The zero-order valence-electron chi connectivity index (χ0n) is 16.3. The summed E-state index contributed by atoms with van der Waals surface area (Å²) < 4.78 is 43.3. The van der Waals surface area contributed by atoms with Crippen molar-refractivity contribution in [2.75, 3.05) is 26.2 Å². The van der Waals surface area contributed by atoms with E-state index in [1.54, 1.807) is 30.6 Å². The first-order valence-corrected chi connectivity index (χ1v) is 9.39. The van der Waals surface area contributed by atoms with Crippen LogP contribution in [-0.4, -0.2) is 53.6 Å². The van der Waals surface area contributed by atoms with Crippen LogP contribution < -0.4 is 0 Å². The summed E-state index contributed by atoms with van der Waals surface area (Å²) in [6.07, 6.45) is -4.09.